The molecule has 0 radical (unpaired) electrons. The number of benzene rings is 1. The van der Waals surface area contributed by atoms with Gasteiger partial charge in [-0.3, -0.25) is 0 Å². The van der Waals surface area contributed by atoms with E-state index in [0.29, 0.717) is 12.5 Å². The van der Waals surface area contributed by atoms with Gasteiger partial charge in [0.1, 0.15) is 0 Å². The molecular weight excluding hydrogens is 356 g/mol. The molecule has 0 aliphatic heterocycles. The van der Waals surface area contributed by atoms with Crippen LogP contribution in [0.15, 0.2) is 12.1 Å². The van der Waals surface area contributed by atoms with E-state index in [0.717, 1.165) is 37.8 Å². The standard InChI is InChI=1S/C23H38O5/c1-3-5-7-9-10-12-14-18(13-11-8-6-4-2)17-28-23(27)19-15-20(24)22(26)21(25)16-19/h15-16,18,24-26H,3-14,17H2,1-2H3. The summed E-state index contributed by atoms with van der Waals surface area (Å²) in [6.07, 6.45) is 14.4. The number of hydrogen-bond acceptors (Lipinski definition) is 5. The number of rotatable bonds is 15. The van der Waals surface area contributed by atoms with Crippen LogP contribution in [0.4, 0.5) is 0 Å². The van der Waals surface area contributed by atoms with Crippen LogP contribution in [0.3, 0.4) is 0 Å². The second-order valence-electron chi connectivity index (χ2n) is 7.73. The van der Waals surface area contributed by atoms with Crippen molar-refractivity contribution in [1.82, 2.24) is 0 Å². The van der Waals surface area contributed by atoms with Gasteiger partial charge in [0, 0.05) is 0 Å². The summed E-state index contributed by atoms with van der Waals surface area (Å²) in [4.78, 5) is 12.3. The molecule has 28 heavy (non-hydrogen) atoms. The maximum atomic E-state index is 12.3. The van der Waals surface area contributed by atoms with Gasteiger partial charge in [0.2, 0.25) is 0 Å². The fraction of sp³-hybridized carbons (Fsp3) is 0.696. The summed E-state index contributed by atoms with van der Waals surface area (Å²) in [6, 6.07) is 2.22. The highest BCUT2D eigenvalue weighted by atomic mass is 16.5. The summed E-state index contributed by atoms with van der Waals surface area (Å²) < 4.78 is 5.45. The zero-order chi connectivity index (χ0) is 20.8. The molecule has 0 amide bonds. The molecule has 0 aliphatic rings. The van der Waals surface area contributed by atoms with Crippen LogP contribution in [0.25, 0.3) is 0 Å². The fourth-order valence-electron chi connectivity index (χ4n) is 3.38. The summed E-state index contributed by atoms with van der Waals surface area (Å²) in [5, 5.41) is 28.5. The Kier molecular flexibility index (Phi) is 12.2. The Balaban J connectivity index is 2.50. The van der Waals surface area contributed by atoms with E-state index in [2.05, 4.69) is 13.8 Å². The number of phenolic OH excluding ortho intramolecular Hbond substituents is 3. The number of carbonyl (C=O) groups is 1. The average molecular weight is 395 g/mol. The van der Waals surface area contributed by atoms with E-state index < -0.39 is 23.2 Å². The smallest absolute Gasteiger partial charge is 0.338 e. The normalized spacial score (nSPS) is 12.1. The van der Waals surface area contributed by atoms with E-state index in [1.807, 2.05) is 0 Å². The van der Waals surface area contributed by atoms with Gasteiger partial charge in [-0.15, -0.1) is 0 Å². The van der Waals surface area contributed by atoms with Gasteiger partial charge in [0.25, 0.3) is 0 Å². The van der Waals surface area contributed by atoms with Crippen molar-refractivity contribution in [3.05, 3.63) is 17.7 Å². The molecule has 5 nitrogen and oxygen atoms in total. The summed E-state index contributed by atoms with van der Waals surface area (Å²) in [5.74, 6) is -1.95. The van der Waals surface area contributed by atoms with Crippen molar-refractivity contribution in [2.45, 2.75) is 90.9 Å². The molecule has 0 fully saturated rings. The van der Waals surface area contributed by atoms with Crippen molar-refractivity contribution >= 4 is 5.97 Å². The third-order valence-electron chi connectivity index (χ3n) is 5.19. The first-order valence-electron chi connectivity index (χ1n) is 10.9. The van der Waals surface area contributed by atoms with Crippen LogP contribution in [0, 0.1) is 5.92 Å². The Morgan fingerprint density at radius 3 is 1.82 bits per heavy atom. The van der Waals surface area contributed by atoms with Crippen LogP contribution in [0.5, 0.6) is 17.2 Å². The van der Waals surface area contributed by atoms with Gasteiger partial charge in [-0.1, -0.05) is 78.1 Å². The molecule has 1 atom stereocenters. The predicted octanol–water partition coefficient (Wildman–Crippen LogP) is 6.30. The number of unbranched alkanes of at least 4 members (excludes halogenated alkanes) is 8. The number of esters is 1. The van der Waals surface area contributed by atoms with Gasteiger partial charge in [-0.05, 0) is 30.9 Å². The maximum absolute atomic E-state index is 12.3. The zero-order valence-electron chi connectivity index (χ0n) is 17.6. The van der Waals surface area contributed by atoms with Crippen LogP contribution < -0.4 is 0 Å². The number of hydrogen-bond donors (Lipinski definition) is 3. The minimum absolute atomic E-state index is 0.0390. The van der Waals surface area contributed by atoms with Gasteiger partial charge < -0.3 is 20.1 Å². The van der Waals surface area contributed by atoms with E-state index in [1.165, 1.54) is 51.4 Å². The molecular formula is C23H38O5. The minimum atomic E-state index is -0.631. The number of phenols is 3. The lowest BCUT2D eigenvalue weighted by molar-refractivity contribution is 0.0421. The van der Waals surface area contributed by atoms with Crippen molar-refractivity contribution in [2.75, 3.05) is 6.61 Å². The molecule has 1 aromatic rings. The zero-order valence-corrected chi connectivity index (χ0v) is 17.6. The lowest BCUT2D eigenvalue weighted by Gasteiger charge is -2.17. The molecule has 0 spiro atoms. The molecule has 0 saturated carbocycles. The summed E-state index contributed by atoms with van der Waals surface area (Å²) in [6.45, 7) is 4.76. The van der Waals surface area contributed by atoms with Crippen LogP contribution in [0.1, 0.15) is 101 Å². The first kappa shape index (κ1) is 24.1. The fourth-order valence-corrected chi connectivity index (χ4v) is 3.38. The molecule has 3 N–H and O–H groups in total. The molecule has 0 bridgehead atoms. The van der Waals surface area contributed by atoms with E-state index in [1.54, 1.807) is 0 Å². The summed E-state index contributed by atoms with van der Waals surface area (Å²) in [7, 11) is 0. The Morgan fingerprint density at radius 2 is 1.29 bits per heavy atom. The number of aromatic hydroxyl groups is 3. The van der Waals surface area contributed by atoms with Gasteiger partial charge in [0.15, 0.2) is 17.2 Å². The van der Waals surface area contributed by atoms with Crippen molar-refractivity contribution < 1.29 is 24.9 Å². The molecule has 5 heteroatoms. The Bertz CT molecular complexity index is 547. The molecule has 0 aliphatic carbocycles. The quantitative estimate of drug-likeness (QED) is 0.185. The molecule has 1 aromatic carbocycles. The van der Waals surface area contributed by atoms with Crippen molar-refractivity contribution in [3.8, 4) is 17.2 Å². The topological polar surface area (TPSA) is 87.0 Å². The van der Waals surface area contributed by atoms with Crippen LogP contribution in [-0.4, -0.2) is 27.9 Å². The van der Waals surface area contributed by atoms with Crippen molar-refractivity contribution in [2.24, 2.45) is 5.92 Å². The van der Waals surface area contributed by atoms with Crippen LogP contribution in [-0.2, 0) is 4.74 Å². The summed E-state index contributed by atoms with van der Waals surface area (Å²) in [5.41, 5.74) is 0.0390. The Morgan fingerprint density at radius 1 is 0.821 bits per heavy atom. The van der Waals surface area contributed by atoms with E-state index in [-0.39, 0.29) is 5.56 Å². The molecule has 0 heterocycles. The van der Waals surface area contributed by atoms with Gasteiger partial charge >= 0.3 is 5.97 Å². The average Bonchev–Trinajstić information content (AvgIpc) is 2.68. The first-order chi connectivity index (χ1) is 13.5. The summed E-state index contributed by atoms with van der Waals surface area (Å²) >= 11 is 0. The largest absolute Gasteiger partial charge is 0.504 e. The molecule has 160 valence electrons. The predicted molar refractivity (Wildman–Crippen MR) is 112 cm³/mol. The Labute approximate surface area is 169 Å². The van der Waals surface area contributed by atoms with Crippen LogP contribution >= 0.6 is 0 Å². The van der Waals surface area contributed by atoms with Gasteiger partial charge in [-0.2, -0.15) is 0 Å². The first-order valence-corrected chi connectivity index (χ1v) is 10.9. The van der Waals surface area contributed by atoms with Crippen molar-refractivity contribution in [1.29, 1.82) is 0 Å². The highest BCUT2D eigenvalue weighted by molar-refractivity contribution is 5.91. The lowest BCUT2D eigenvalue weighted by Crippen LogP contribution is -2.15. The third kappa shape index (κ3) is 9.34. The van der Waals surface area contributed by atoms with Crippen LogP contribution in [0.2, 0.25) is 0 Å². The maximum Gasteiger partial charge on any atom is 0.338 e. The van der Waals surface area contributed by atoms with E-state index >= 15 is 0 Å². The SMILES string of the molecule is CCCCCCCCC(CCCCCC)COC(=O)c1cc(O)c(O)c(O)c1. The molecule has 1 rings (SSSR count). The van der Waals surface area contributed by atoms with Gasteiger partial charge in [-0.25, -0.2) is 4.79 Å². The van der Waals surface area contributed by atoms with E-state index in [4.69, 9.17) is 4.74 Å². The minimum Gasteiger partial charge on any atom is -0.504 e. The van der Waals surface area contributed by atoms with Crippen molar-refractivity contribution in [3.63, 3.8) is 0 Å². The number of ether oxygens (including phenoxy) is 1. The van der Waals surface area contributed by atoms with Gasteiger partial charge in [0.05, 0.1) is 12.2 Å². The third-order valence-corrected chi connectivity index (χ3v) is 5.19. The second kappa shape index (κ2) is 14.1. The monoisotopic (exact) mass is 394 g/mol. The number of carbonyl (C=O) groups excluding carboxylic acids is 1. The highest BCUT2D eigenvalue weighted by Crippen LogP contribution is 2.35. The highest BCUT2D eigenvalue weighted by Gasteiger charge is 2.17. The Hall–Kier alpha value is -1.91. The molecule has 0 aromatic heterocycles. The van der Waals surface area contributed by atoms with E-state index in [9.17, 15) is 20.1 Å². The molecule has 1 unspecified atom stereocenters. The lowest BCUT2D eigenvalue weighted by atomic mass is 9.95. The molecule has 0 saturated heterocycles. The second-order valence-corrected chi connectivity index (χ2v) is 7.73.